The van der Waals surface area contributed by atoms with Gasteiger partial charge in [-0.2, -0.15) is 0 Å². The second-order valence-corrected chi connectivity index (χ2v) is 4.40. The third kappa shape index (κ3) is 3.33. The Labute approximate surface area is 91.9 Å². The fraction of sp³-hybridized carbons (Fsp3) is 0.833. The van der Waals surface area contributed by atoms with Crippen molar-refractivity contribution in [3.8, 4) is 0 Å². The van der Waals surface area contributed by atoms with Gasteiger partial charge in [0.05, 0.1) is 0 Å². The Balaban J connectivity index is 4.58. The Kier molecular flexibility index (Phi) is 5.55. The molecule has 0 aliphatic heterocycles. The number of unbranched alkanes of at least 4 members (excludes halogenated alkanes) is 1. The van der Waals surface area contributed by atoms with Gasteiger partial charge in [-0.3, -0.25) is 9.59 Å². The zero-order chi connectivity index (χ0) is 12.1. The number of hydrogen-bond acceptors (Lipinski definition) is 2. The minimum atomic E-state index is -1.20. The van der Waals surface area contributed by atoms with Gasteiger partial charge in [-0.15, -0.1) is 0 Å². The van der Waals surface area contributed by atoms with E-state index in [1.165, 1.54) is 6.92 Å². The van der Waals surface area contributed by atoms with Crippen molar-refractivity contribution in [2.45, 2.75) is 53.4 Å². The molecule has 15 heavy (non-hydrogen) atoms. The lowest BCUT2D eigenvalue weighted by molar-refractivity contribution is -0.155. The Hall–Kier alpha value is -0.860. The summed E-state index contributed by atoms with van der Waals surface area (Å²) >= 11 is 0. The van der Waals surface area contributed by atoms with Crippen molar-refractivity contribution >= 4 is 11.8 Å². The summed E-state index contributed by atoms with van der Waals surface area (Å²) < 4.78 is 0. The standard InChI is InChI=1S/C12H22O3/c1-5-7-8-9(3)10(13)12(4,6-2)11(14)15/h9H,5-8H2,1-4H3,(H,14,15). The molecule has 0 rings (SSSR count). The molecule has 0 saturated heterocycles. The van der Waals surface area contributed by atoms with Crippen LogP contribution in [0.2, 0.25) is 0 Å². The predicted octanol–water partition coefficient (Wildman–Crippen LogP) is 2.88. The summed E-state index contributed by atoms with van der Waals surface area (Å²) in [6.07, 6.45) is 3.16. The maximum atomic E-state index is 12.0. The van der Waals surface area contributed by atoms with E-state index >= 15 is 0 Å². The van der Waals surface area contributed by atoms with Crippen LogP contribution in [-0.4, -0.2) is 16.9 Å². The van der Waals surface area contributed by atoms with Gasteiger partial charge in [-0.25, -0.2) is 0 Å². The molecule has 3 nitrogen and oxygen atoms in total. The molecule has 0 aromatic rings. The van der Waals surface area contributed by atoms with E-state index in [-0.39, 0.29) is 11.7 Å². The van der Waals surface area contributed by atoms with Crippen molar-refractivity contribution in [1.29, 1.82) is 0 Å². The van der Waals surface area contributed by atoms with Gasteiger partial charge in [-0.1, -0.05) is 33.6 Å². The van der Waals surface area contributed by atoms with Crippen LogP contribution in [-0.2, 0) is 9.59 Å². The molecule has 0 heterocycles. The topological polar surface area (TPSA) is 54.4 Å². The highest BCUT2D eigenvalue weighted by Crippen LogP contribution is 2.28. The van der Waals surface area contributed by atoms with E-state index in [0.717, 1.165) is 19.3 Å². The van der Waals surface area contributed by atoms with Gasteiger partial charge in [0.25, 0.3) is 0 Å². The molecule has 0 fully saturated rings. The third-order valence-electron chi connectivity index (χ3n) is 3.16. The summed E-state index contributed by atoms with van der Waals surface area (Å²) in [5, 5.41) is 9.06. The molecule has 88 valence electrons. The zero-order valence-corrected chi connectivity index (χ0v) is 10.2. The first-order valence-corrected chi connectivity index (χ1v) is 5.67. The van der Waals surface area contributed by atoms with E-state index in [1.54, 1.807) is 6.92 Å². The molecule has 0 aromatic heterocycles. The average molecular weight is 214 g/mol. The minimum Gasteiger partial charge on any atom is -0.481 e. The van der Waals surface area contributed by atoms with Crippen LogP contribution in [0.5, 0.6) is 0 Å². The Morgan fingerprint density at radius 1 is 1.33 bits per heavy atom. The molecule has 0 spiro atoms. The molecule has 1 N–H and O–H groups in total. The second kappa shape index (κ2) is 5.89. The van der Waals surface area contributed by atoms with Crippen LogP contribution in [0, 0.1) is 11.3 Å². The van der Waals surface area contributed by atoms with E-state index in [1.807, 2.05) is 6.92 Å². The quantitative estimate of drug-likeness (QED) is 0.663. The van der Waals surface area contributed by atoms with Gasteiger partial charge < -0.3 is 5.11 Å². The first kappa shape index (κ1) is 14.1. The fourth-order valence-electron chi connectivity index (χ4n) is 1.62. The van der Waals surface area contributed by atoms with Gasteiger partial charge >= 0.3 is 5.97 Å². The number of hydrogen-bond donors (Lipinski definition) is 1. The van der Waals surface area contributed by atoms with E-state index in [9.17, 15) is 9.59 Å². The summed E-state index contributed by atoms with van der Waals surface area (Å²) in [6.45, 7) is 7.17. The highest BCUT2D eigenvalue weighted by Gasteiger charge is 2.41. The smallest absolute Gasteiger partial charge is 0.316 e. The third-order valence-corrected chi connectivity index (χ3v) is 3.16. The number of Topliss-reactive ketones (excluding diaryl/α,β-unsaturated/α-hetero) is 1. The number of rotatable bonds is 7. The largest absolute Gasteiger partial charge is 0.481 e. The minimum absolute atomic E-state index is 0.133. The Morgan fingerprint density at radius 2 is 1.87 bits per heavy atom. The highest BCUT2D eigenvalue weighted by molar-refractivity contribution is 6.03. The SMILES string of the molecule is CCCCC(C)C(=O)C(C)(CC)C(=O)O. The number of carboxylic acids is 1. The highest BCUT2D eigenvalue weighted by atomic mass is 16.4. The maximum absolute atomic E-state index is 12.0. The van der Waals surface area contributed by atoms with Crippen molar-refractivity contribution < 1.29 is 14.7 Å². The molecule has 0 aliphatic carbocycles. The molecular formula is C12H22O3. The van der Waals surface area contributed by atoms with Crippen molar-refractivity contribution in [3.63, 3.8) is 0 Å². The summed E-state index contributed by atoms with van der Waals surface area (Å²) in [4.78, 5) is 23.0. The lowest BCUT2D eigenvalue weighted by Gasteiger charge is -2.25. The van der Waals surface area contributed by atoms with Gasteiger partial charge in [-0.05, 0) is 19.8 Å². The first-order valence-electron chi connectivity index (χ1n) is 5.67. The van der Waals surface area contributed by atoms with Gasteiger partial charge in [0.15, 0.2) is 5.78 Å². The Morgan fingerprint density at radius 3 is 2.20 bits per heavy atom. The van der Waals surface area contributed by atoms with Gasteiger partial charge in [0.2, 0.25) is 0 Å². The number of ketones is 1. The predicted molar refractivity (Wildman–Crippen MR) is 59.7 cm³/mol. The summed E-state index contributed by atoms with van der Waals surface area (Å²) in [6, 6.07) is 0. The van der Waals surface area contributed by atoms with E-state index in [4.69, 9.17) is 5.11 Å². The Bertz CT molecular complexity index is 235. The van der Waals surface area contributed by atoms with Crippen LogP contribution >= 0.6 is 0 Å². The van der Waals surface area contributed by atoms with Crippen LogP contribution in [0.3, 0.4) is 0 Å². The number of carbonyl (C=O) groups excluding carboxylic acids is 1. The molecular weight excluding hydrogens is 192 g/mol. The molecule has 0 aliphatic rings. The molecule has 2 atom stereocenters. The zero-order valence-electron chi connectivity index (χ0n) is 10.2. The maximum Gasteiger partial charge on any atom is 0.316 e. The number of carbonyl (C=O) groups is 2. The van der Waals surface area contributed by atoms with Gasteiger partial charge in [0.1, 0.15) is 5.41 Å². The fourth-order valence-corrected chi connectivity index (χ4v) is 1.62. The summed E-state index contributed by atoms with van der Waals surface area (Å²) in [5.74, 6) is -1.28. The molecule has 0 saturated carbocycles. The van der Waals surface area contributed by atoms with Crippen LogP contribution in [0.25, 0.3) is 0 Å². The molecule has 0 radical (unpaired) electrons. The summed E-state index contributed by atoms with van der Waals surface area (Å²) in [7, 11) is 0. The van der Waals surface area contributed by atoms with Crippen LogP contribution < -0.4 is 0 Å². The first-order chi connectivity index (χ1) is 6.90. The van der Waals surface area contributed by atoms with Crippen molar-refractivity contribution in [3.05, 3.63) is 0 Å². The van der Waals surface area contributed by atoms with E-state index in [0.29, 0.717) is 6.42 Å². The van der Waals surface area contributed by atoms with Crippen molar-refractivity contribution in [2.75, 3.05) is 0 Å². The molecule has 2 unspecified atom stereocenters. The average Bonchev–Trinajstić information content (AvgIpc) is 2.23. The second-order valence-electron chi connectivity index (χ2n) is 4.40. The van der Waals surface area contributed by atoms with Crippen LogP contribution in [0.1, 0.15) is 53.4 Å². The van der Waals surface area contributed by atoms with Gasteiger partial charge in [0, 0.05) is 5.92 Å². The van der Waals surface area contributed by atoms with Crippen molar-refractivity contribution in [2.24, 2.45) is 11.3 Å². The number of carboxylic acid groups (broad SMARTS) is 1. The van der Waals surface area contributed by atoms with Crippen LogP contribution in [0.4, 0.5) is 0 Å². The molecule has 3 heteroatoms. The molecule has 0 bridgehead atoms. The van der Waals surface area contributed by atoms with E-state index < -0.39 is 11.4 Å². The molecule has 0 aromatic carbocycles. The van der Waals surface area contributed by atoms with Crippen molar-refractivity contribution in [1.82, 2.24) is 0 Å². The van der Waals surface area contributed by atoms with E-state index in [2.05, 4.69) is 6.92 Å². The van der Waals surface area contributed by atoms with Crippen LogP contribution in [0.15, 0.2) is 0 Å². The molecule has 0 amide bonds. The normalized spacial score (nSPS) is 16.8. The number of aliphatic carboxylic acids is 1. The lowest BCUT2D eigenvalue weighted by Crippen LogP contribution is -2.39. The lowest BCUT2D eigenvalue weighted by atomic mass is 9.76. The summed E-state index contributed by atoms with van der Waals surface area (Å²) in [5.41, 5.74) is -1.20. The monoisotopic (exact) mass is 214 g/mol.